The van der Waals surface area contributed by atoms with E-state index in [9.17, 15) is 19.7 Å². The van der Waals surface area contributed by atoms with Crippen LogP contribution in [0.5, 0.6) is 0 Å². The van der Waals surface area contributed by atoms with Gasteiger partial charge in [-0.15, -0.1) is 0 Å². The Kier molecular flexibility index (Phi) is 4.81. The first-order chi connectivity index (χ1) is 10.3. The Morgan fingerprint density at radius 1 is 1.32 bits per heavy atom. The first-order valence-corrected chi connectivity index (χ1v) is 10.1. The van der Waals surface area contributed by atoms with E-state index < -0.39 is 24.1 Å². The Morgan fingerprint density at radius 2 is 1.95 bits per heavy atom. The summed E-state index contributed by atoms with van der Waals surface area (Å²) in [6.45, 7) is 1.25. The van der Waals surface area contributed by atoms with E-state index in [1.807, 2.05) is 0 Å². The van der Waals surface area contributed by atoms with E-state index in [-0.39, 0.29) is 10.2 Å². The zero-order chi connectivity index (χ0) is 16.3. The van der Waals surface area contributed by atoms with Crippen molar-refractivity contribution in [3.63, 3.8) is 0 Å². The van der Waals surface area contributed by atoms with Crippen LogP contribution in [0.15, 0.2) is 46.6 Å². The quantitative estimate of drug-likeness (QED) is 0.431. The first-order valence-electron chi connectivity index (χ1n) is 5.94. The molecule has 2 rings (SSSR count). The average Bonchev–Trinajstić information content (AvgIpc) is 2.75. The Bertz CT molecular complexity index is 706. The number of amides is 2. The number of halogens is 1. The second kappa shape index (κ2) is 6.44. The molecule has 10 heteroatoms. The third kappa shape index (κ3) is 3.27. The normalized spacial score (nSPS) is 22.8. The summed E-state index contributed by atoms with van der Waals surface area (Å²) in [7, 11) is -2.54. The van der Waals surface area contributed by atoms with Gasteiger partial charge in [0.1, 0.15) is 6.20 Å². The van der Waals surface area contributed by atoms with E-state index in [0.29, 0.717) is 5.56 Å². The molecule has 22 heavy (non-hydrogen) atoms. The van der Waals surface area contributed by atoms with E-state index in [1.54, 1.807) is 51.5 Å². The molecule has 1 heterocycles. The van der Waals surface area contributed by atoms with Gasteiger partial charge in [0, 0.05) is 41.1 Å². The van der Waals surface area contributed by atoms with E-state index >= 15 is 0 Å². The second-order valence-corrected chi connectivity index (χ2v) is 10.2. The van der Waals surface area contributed by atoms with Crippen LogP contribution < -0.4 is 10.0 Å². The lowest BCUT2D eigenvalue weighted by Gasteiger charge is -2.27. The molecule has 1 aliphatic rings. The van der Waals surface area contributed by atoms with Crippen LogP contribution in [-0.2, 0) is 4.79 Å². The number of amidine groups is 1. The lowest BCUT2D eigenvalue weighted by atomic mass is 10.2. The maximum atomic E-state index is 12.2. The highest BCUT2D eigenvalue weighted by atomic mass is 127. The van der Waals surface area contributed by atoms with Gasteiger partial charge in [-0.2, -0.15) is 0 Å². The van der Waals surface area contributed by atoms with Gasteiger partial charge in [0.25, 0.3) is 5.91 Å². The molecule has 0 fully saturated rings. The highest BCUT2D eigenvalue weighted by molar-refractivity contribution is 14.2. The molecule has 1 unspecified atom stereocenters. The van der Waals surface area contributed by atoms with Crippen molar-refractivity contribution >= 4 is 45.6 Å². The van der Waals surface area contributed by atoms with Gasteiger partial charge in [-0.05, 0) is 12.1 Å². The molecule has 8 nitrogen and oxygen atoms in total. The van der Waals surface area contributed by atoms with Crippen LogP contribution in [0, 0.1) is 10.1 Å². The molecule has 0 saturated heterocycles. The standard InChI is InChI=1S/C12H11IN4O4S/c1-8(18)16-22(13)10(17(20)21)7-14-12(22)15-11(19)9-5-3-2-4-6-9/h2-7H,1H3,(H,16,18)(H,14,15,19). The fourth-order valence-corrected chi connectivity index (χ4v) is 5.72. The van der Waals surface area contributed by atoms with Gasteiger partial charge in [-0.25, -0.2) is 4.99 Å². The lowest BCUT2D eigenvalue weighted by molar-refractivity contribution is -0.410. The topological polar surface area (TPSA) is 114 Å². The zero-order valence-electron chi connectivity index (χ0n) is 11.3. The molecule has 1 aromatic rings. The van der Waals surface area contributed by atoms with Crippen molar-refractivity contribution in [1.29, 1.82) is 0 Å². The van der Waals surface area contributed by atoms with Gasteiger partial charge in [0.2, 0.25) is 5.91 Å². The van der Waals surface area contributed by atoms with Gasteiger partial charge in [0.05, 0.1) is 4.92 Å². The van der Waals surface area contributed by atoms with E-state index in [2.05, 4.69) is 15.0 Å². The molecule has 0 radical (unpaired) electrons. The van der Waals surface area contributed by atoms with Gasteiger partial charge in [-0.1, -0.05) is 18.2 Å². The summed E-state index contributed by atoms with van der Waals surface area (Å²) in [5, 5.41) is 13.5. The van der Waals surface area contributed by atoms with Crippen LogP contribution in [0.1, 0.15) is 17.3 Å². The van der Waals surface area contributed by atoms with Crippen LogP contribution in [0.25, 0.3) is 0 Å². The fourth-order valence-electron chi connectivity index (χ4n) is 1.67. The second-order valence-electron chi connectivity index (χ2n) is 4.17. The minimum absolute atomic E-state index is 0.0730. The molecule has 116 valence electrons. The number of carbonyl (C=O) groups is 2. The molecule has 1 aliphatic heterocycles. The summed E-state index contributed by atoms with van der Waals surface area (Å²) in [6.07, 6.45) is 1.05. The van der Waals surface area contributed by atoms with Gasteiger partial charge >= 0.3 is 5.03 Å². The van der Waals surface area contributed by atoms with Crippen molar-refractivity contribution in [3.05, 3.63) is 57.2 Å². The summed E-state index contributed by atoms with van der Waals surface area (Å²) < 4.78 is 2.53. The summed E-state index contributed by atoms with van der Waals surface area (Å²) in [5.74, 6) is -0.892. The number of nitrogens with zero attached hydrogens (tertiary/aromatic N) is 2. The van der Waals surface area contributed by atoms with E-state index in [0.717, 1.165) is 6.20 Å². The third-order valence-electron chi connectivity index (χ3n) is 2.57. The third-order valence-corrected chi connectivity index (χ3v) is 7.97. The Morgan fingerprint density at radius 3 is 2.50 bits per heavy atom. The van der Waals surface area contributed by atoms with Crippen LogP contribution in [-0.4, -0.2) is 21.9 Å². The molecular formula is C12H11IN4O4S. The van der Waals surface area contributed by atoms with Crippen molar-refractivity contribution < 1.29 is 14.5 Å². The molecule has 2 amide bonds. The summed E-state index contributed by atoms with van der Waals surface area (Å²) in [5.41, 5.74) is 0.390. The Hall–Kier alpha value is -1.95. The molecule has 0 spiro atoms. The van der Waals surface area contributed by atoms with Crippen molar-refractivity contribution in [3.8, 4) is 0 Å². The number of aliphatic imine (C=N–C) groups is 1. The van der Waals surface area contributed by atoms with Gasteiger partial charge in [-0.3, -0.25) is 29.7 Å². The molecule has 0 bridgehead atoms. The monoisotopic (exact) mass is 434 g/mol. The highest BCUT2D eigenvalue weighted by Gasteiger charge is 2.45. The minimum atomic E-state index is -2.54. The number of hydrogen-bond donors (Lipinski definition) is 2. The summed E-state index contributed by atoms with van der Waals surface area (Å²) in [6, 6.07) is 8.38. The van der Waals surface area contributed by atoms with Crippen LogP contribution in [0.4, 0.5) is 0 Å². The summed E-state index contributed by atoms with van der Waals surface area (Å²) >= 11 is 1.77. The number of carbonyl (C=O) groups excluding carboxylic acids is 2. The predicted molar refractivity (Wildman–Crippen MR) is 91.8 cm³/mol. The highest BCUT2D eigenvalue weighted by Crippen LogP contribution is 2.62. The predicted octanol–water partition coefficient (Wildman–Crippen LogP) is 2.07. The maximum Gasteiger partial charge on any atom is 0.336 e. The van der Waals surface area contributed by atoms with Crippen molar-refractivity contribution in [2.24, 2.45) is 4.99 Å². The Balaban J connectivity index is 2.26. The van der Waals surface area contributed by atoms with E-state index in [4.69, 9.17) is 0 Å². The number of nitrogens with one attached hydrogen (secondary N) is 2. The van der Waals surface area contributed by atoms with Gasteiger partial charge < -0.3 is 0 Å². The van der Waals surface area contributed by atoms with Crippen molar-refractivity contribution in [2.75, 3.05) is 0 Å². The first kappa shape index (κ1) is 16.4. The maximum absolute atomic E-state index is 12.2. The van der Waals surface area contributed by atoms with Gasteiger partial charge in [0.15, 0.2) is 5.17 Å². The summed E-state index contributed by atoms with van der Waals surface area (Å²) in [4.78, 5) is 37.9. The molecular weight excluding hydrogens is 423 g/mol. The number of benzene rings is 1. The lowest BCUT2D eigenvalue weighted by Crippen LogP contribution is -2.38. The average molecular weight is 434 g/mol. The molecule has 0 aliphatic carbocycles. The molecule has 2 N–H and O–H groups in total. The smallest absolute Gasteiger partial charge is 0.300 e. The van der Waals surface area contributed by atoms with Crippen LogP contribution >= 0.6 is 28.6 Å². The minimum Gasteiger partial charge on any atom is -0.300 e. The SMILES string of the molecule is CC(=O)NS1(I)C([N+](=O)[O-])=CN=C1NC(=O)c1ccccc1. The van der Waals surface area contributed by atoms with Crippen molar-refractivity contribution in [1.82, 2.24) is 10.0 Å². The number of rotatable bonds is 3. The number of nitro groups is 1. The van der Waals surface area contributed by atoms with Crippen molar-refractivity contribution in [2.45, 2.75) is 6.92 Å². The number of hydrogen-bond acceptors (Lipinski definition) is 5. The fraction of sp³-hybridized carbons (Fsp3) is 0.0833. The van der Waals surface area contributed by atoms with Crippen LogP contribution in [0.2, 0.25) is 0 Å². The van der Waals surface area contributed by atoms with E-state index in [1.165, 1.54) is 6.92 Å². The molecule has 0 aromatic heterocycles. The molecule has 1 aromatic carbocycles. The largest absolute Gasteiger partial charge is 0.336 e. The zero-order valence-corrected chi connectivity index (χ0v) is 14.3. The molecule has 1 atom stereocenters. The van der Waals surface area contributed by atoms with Crippen LogP contribution in [0.3, 0.4) is 0 Å². The Labute approximate surface area is 139 Å². The molecule has 0 saturated carbocycles.